The first-order valence-electron chi connectivity index (χ1n) is 4.20. The molecule has 0 fully saturated rings. The minimum absolute atomic E-state index is 0.177. The smallest absolute Gasteiger partial charge is 0.131 e. The van der Waals surface area contributed by atoms with E-state index < -0.39 is 12.2 Å². The zero-order chi connectivity index (χ0) is 11.4. The summed E-state index contributed by atoms with van der Waals surface area (Å²) in [4.78, 5) is 3.73. The van der Waals surface area contributed by atoms with E-state index >= 15 is 0 Å². The maximum Gasteiger partial charge on any atom is 0.131 e. The number of aromatic nitrogens is 1. The predicted octanol–water partition coefficient (Wildman–Crippen LogP) is 0.625. The van der Waals surface area contributed by atoms with Crippen LogP contribution in [0.25, 0.3) is 0 Å². The van der Waals surface area contributed by atoms with E-state index in [1.807, 2.05) is 0 Å². The molecule has 0 saturated carbocycles. The van der Waals surface area contributed by atoms with E-state index in [1.165, 1.54) is 12.3 Å². The van der Waals surface area contributed by atoms with E-state index in [2.05, 4.69) is 4.98 Å². The Morgan fingerprint density at radius 2 is 2.27 bits per heavy atom. The van der Waals surface area contributed by atoms with Gasteiger partial charge in [0.1, 0.15) is 11.3 Å². The first-order chi connectivity index (χ1) is 7.06. The number of nitriles is 1. The van der Waals surface area contributed by atoms with E-state index in [-0.39, 0.29) is 22.8 Å². The molecule has 2 unspecified atom stereocenters. The third-order valence-corrected chi connectivity index (χ3v) is 2.13. The highest BCUT2D eigenvalue weighted by molar-refractivity contribution is 6.29. The Morgan fingerprint density at radius 1 is 1.60 bits per heavy atom. The van der Waals surface area contributed by atoms with Gasteiger partial charge in [-0.15, -0.1) is 0 Å². The summed E-state index contributed by atoms with van der Waals surface area (Å²) in [5.41, 5.74) is 6.08. The maximum absolute atomic E-state index is 9.63. The number of halogens is 1. The second-order valence-corrected chi connectivity index (χ2v) is 3.40. The molecule has 6 heteroatoms. The Balaban J connectivity index is 2.91. The molecule has 80 valence electrons. The van der Waals surface area contributed by atoms with Gasteiger partial charge >= 0.3 is 0 Å². The number of nitrogens with zero attached hydrogens (tertiary/aromatic N) is 2. The van der Waals surface area contributed by atoms with Gasteiger partial charge in [0.2, 0.25) is 0 Å². The summed E-state index contributed by atoms with van der Waals surface area (Å²) >= 11 is 5.57. The zero-order valence-corrected chi connectivity index (χ0v) is 8.52. The van der Waals surface area contributed by atoms with Gasteiger partial charge in [0, 0.05) is 17.4 Å². The third-order valence-electron chi connectivity index (χ3n) is 1.92. The summed E-state index contributed by atoms with van der Waals surface area (Å²) < 4.78 is 0. The van der Waals surface area contributed by atoms with Gasteiger partial charge in [-0.05, 0) is 6.07 Å². The lowest BCUT2D eigenvalue weighted by Crippen LogP contribution is -2.18. The van der Waals surface area contributed by atoms with Crippen LogP contribution in [-0.2, 0) is 0 Å². The largest absolute Gasteiger partial charge is 0.398 e. The highest BCUT2D eigenvalue weighted by atomic mass is 35.5. The van der Waals surface area contributed by atoms with Crippen LogP contribution in [0.1, 0.15) is 18.1 Å². The lowest BCUT2D eigenvalue weighted by molar-refractivity contribution is 0.0219. The lowest BCUT2D eigenvalue weighted by Gasteiger charge is -2.16. The van der Waals surface area contributed by atoms with Crippen molar-refractivity contribution >= 4 is 17.3 Å². The fourth-order valence-electron chi connectivity index (χ4n) is 1.11. The first kappa shape index (κ1) is 11.7. The fraction of sp³-hybridized carbons (Fsp3) is 0.333. The highest BCUT2D eigenvalue weighted by Gasteiger charge is 2.20. The Bertz CT molecular complexity index is 391. The number of hydrogen-bond acceptors (Lipinski definition) is 5. The minimum Gasteiger partial charge on any atom is -0.398 e. The molecule has 1 aromatic heterocycles. The standard InChI is InChI=1S/C9H10ClN3O2/c10-8-3-6(12)5(4-13-8)9(15)7(14)1-2-11/h3-4,7,9,14-15H,1H2,(H2,12,13). The van der Waals surface area contributed by atoms with Crippen molar-refractivity contribution in [1.29, 1.82) is 5.26 Å². The number of nitrogen functional groups attached to an aromatic ring is 1. The van der Waals surface area contributed by atoms with Crippen LogP contribution in [0.2, 0.25) is 5.15 Å². The van der Waals surface area contributed by atoms with Crippen LogP contribution in [0.4, 0.5) is 5.69 Å². The molecule has 0 saturated heterocycles. The summed E-state index contributed by atoms with van der Waals surface area (Å²) in [6.07, 6.45) is -1.30. The molecule has 15 heavy (non-hydrogen) atoms. The molecule has 0 aliphatic carbocycles. The summed E-state index contributed by atoms with van der Waals surface area (Å²) in [6.45, 7) is 0. The van der Waals surface area contributed by atoms with Crippen molar-refractivity contribution < 1.29 is 10.2 Å². The van der Waals surface area contributed by atoms with Gasteiger partial charge in [0.25, 0.3) is 0 Å². The summed E-state index contributed by atoms with van der Waals surface area (Å²) in [6, 6.07) is 3.13. The maximum atomic E-state index is 9.63. The predicted molar refractivity (Wildman–Crippen MR) is 54.9 cm³/mol. The van der Waals surface area contributed by atoms with E-state index in [9.17, 15) is 10.2 Å². The number of aliphatic hydroxyl groups excluding tert-OH is 2. The van der Waals surface area contributed by atoms with Gasteiger partial charge in [-0.2, -0.15) is 5.26 Å². The average Bonchev–Trinajstić information content (AvgIpc) is 2.17. The van der Waals surface area contributed by atoms with Crippen molar-refractivity contribution in [3.8, 4) is 6.07 Å². The normalized spacial score (nSPS) is 14.3. The zero-order valence-electron chi connectivity index (χ0n) is 7.76. The summed E-state index contributed by atoms with van der Waals surface area (Å²) in [5.74, 6) is 0. The van der Waals surface area contributed by atoms with Crippen LogP contribution in [0.5, 0.6) is 0 Å². The fourth-order valence-corrected chi connectivity index (χ4v) is 1.28. The molecule has 0 aliphatic rings. The molecule has 0 amide bonds. The van der Waals surface area contributed by atoms with Gasteiger partial charge in [0.15, 0.2) is 0 Å². The van der Waals surface area contributed by atoms with E-state index in [4.69, 9.17) is 22.6 Å². The summed E-state index contributed by atoms with van der Waals surface area (Å²) in [7, 11) is 0. The summed E-state index contributed by atoms with van der Waals surface area (Å²) in [5, 5.41) is 27.6. The molecule has 0 aliphatic heterocycles. The van der Waals surface area contributed by atoms with Crippen LogP contribution in [0.3, 0.4) is 0 Å². The molecule has 0 bridgehead atoms. The Hall–Kier alpha value is -1.35. The molecule has 0 radical (unpaired) electrons. The molecule has 1 heterocycles. The molecule has 1 aromatic rings. The number of pyridine rings is 1. The number of rotatable bonds is 3. The molecule has 2 atom stereocenters. The lowest BCUT2D eigenvalue weighted by atomic mass is 10.0. The number of anilines is 1. The molecule has 1 rings (SSSR count). The Kier molecular flexibility index (Phi) is 3.86. The Labute approximate surface area is 91.7 Å². The van der Waals surface area contributed by atoms with Gasteiger partial charge in [0.05, 0.1) is 18.6 Å². The molecule has 0 aromatic carbocycles. The monoisotopic (exact) mass is 227 g/mol. The third kappa shape index (κ3) is 2.80. The first-order valence-corrected chi connectivity index (χ1v) is 4.58. The minimum atomic E-state index is -1.23. The van der Waals surface area contributed by atoms with Crippen molar-refractivity contribution in [1.82, 2.24) is 4.98 Å². The Morgan fingerprint density at radius 3 is 2.80 bits per heavy atom. The van der Waals surface area contributed by atoms with Crippen LogP contribution >= 0.6 is 11.6 Å². The average molecular weight is 228 g/mol. The molecular formula is C9H10ClN3O2. The van der Waals surface area contributed by atoms with Crippen LogP contribution in [0.15, 0.2) is 12.3 Å². The van der Waals surface area contributed by atoms with Gasteiger partial charge in [-0.3, -0.25) is 0 Å². The van der Waals surface area contributed by atoms with Crippen molar-refractivity contribution in [2.75, 3.05) is 5.73 Å². The molecule has 4 N–H and O–H groups in total. The van der Waals surface area contributed by atoms with Gasteiger partial charge in [-0.1, -0.05) is 11.6 Å². The second-order valence-electron chi connectivity index (χ2n) is 3.01. The van der Waals surface area contributed by atoms with Crippen LogP contribution in [-0.4, -0.2) is 21.3 Å². The molecule has 5 nitrogen and oxygen atoms in total. The van der Waals surface area contributed by atoms with Crippen LogP contribution in [0, 0.1) is 11.3 Å². The quantitative estimate of drug-likeness (QED) is 0.657. The van der Waals surface area contributed by atoms with E-state index in [1.54, 1.807) is 6.07 Å². The van der Waals surface area contributed by atoms with Crippen molar-refractivity contribution in [2.45, 2.75) is 18.6 Å². The van der Waals surface area contributed by atoms with Crippen LogP contribution < -0.4 is 5.73 Å². The topological polar surface area (TPSA) is 103 Å². The van der Waals surface area contributed by atoms with E-state index in [0.717, 1.165) is 0 Å². The van der Waals surface area contributed by atoms with Crippen molar-refractivity contribution in [3.63, 3.8) is 0 Å². The second kappa shape index (κ2) is 4.94. The van der Waals surface area contributed by atoms with Gasteiger partial charge < -0.3 is 15.9 Å². The molecule has 0 spiro atoms. The molecular weight excluding hydrogens is 218 g/mol. The van der Waals surface area contributed by atoms with Crippen molar-refractivity contribution in [2.24, 2.45) is 0 Å². The SMILES string of the molecule is N#CCC(O)C(O)c1cnc(Cl)cc1N. The number of aliphatic hydroxyl groups is 2. The number of hydrogen-bond donors (Lipinski definition) is 3. The highest BCUT2D eigenvalue weighted by Crippen LogP contribution is 2.25. The van der Waals surface area contributed by atoms with Gasteiger partial charge in [-0.25, -0.2) is 4.98 Å². The van der Waals surface area contributed by atoms with Crippen molar-refractivity contribution in [3.05, 3.63) is 23.0 Å². The number of nitrogens with two attached hydrogens (primary N) is 1. The van der Waals surface area contributed by atoms with E-state index in [0.29, 0.717) is 0 Å².